The number of hydrogen-bond donors (Lipinski definition) is 1. The second-order valence-electron chi connectivity index (χ2n) is 7.42. The van der Waals surface area contributed by atoms with E-state index in [0.29, 0.717) is 11.3 Å². The van der Waals surface area contributed by atoms with Crippen molar-refractivity contribution < 1.29 is 22.3 Å². The van der Waals surface area contributed by atoms with Gasteiger partial charge in [0.25, 0.3) is 0 Å². The van der Waals surface area contributed by atoms with Crippen molar-refractivity contribution in [2.24, 2.45) is 0 Å². The Morgan fingerprint density at radius 2 is 1.75 bits per heavy atom. The summed E-state index contributed by atoms with van der Waals surface area (Å²) in [5, 5.41) is 2.61. The molecule has 0 unspecified atom stereocenters. The van der Waals surface area contributed by atoms with Crippen LogP contribution in [0.25, 0.3) is 0 Å². The largest absolute Gasteiger partial charge is 0.495 e. The lowest BCUT2D eigenvalue weighted by atomic mass is 10.2. The molecule has 0 aliphatic rings. The number of hydrogen-bond acceptors (Lipinski definition) is 4. The van der Waals surface area contributed by atoms with Crippen LogP contribution >= 0.6 is 0 Å². The number of amides is 1. The quantitative estimate of drug-likeness (QED) is 0.549. The van der Waals surface area contributed by atoms with Crippen LogP contribution in [-0.2, 0) is 21.4 Å². The lowest BCUT2D eigenvalue weighted by Gasteiger charge is -2.23. The summed E-state index contributed by atoms with van der Waals surface area (Å²) in [5.41, 5.74) is 2.42. The van der Waals surface area contributed by atoms with Gasteiger partial charge in [-0.15, -0.1) is 0 Å². The Kier molecular flexibility index (Phi) is 7.27. The number of anilines is 1. The van der Waals surface area contributed by atoms with Gasteiger partial charge >= 0.3 is 0 Å². The van der Waals surface area contributed by atoms with Crippen LogP contribution in [0.4, 0.5) is 10.1 Å². The van der Waals surface area contributed by atoms with E-state index in [2.05, 4.69) is 5.32 Å². The van der Waals surface area contributed by atoms with E-state index in [4.69, 9.17) is 4.74 Å². The molecule has 168 valence electrons. The first-order valence-electron chi connectivity index (χ1n) is 9.95. The van der Waals surface area contributed by atoms with Gasteiger partial charge in [-0.3, -0.25) is 4.79 Å². The number of nitrogens with one attached hydrogen (secondary N) is 1. The van der Waals surface area contributed by atoms with Crippen LogP contribution in [0.3, 0.4) is 0 Å². The van der Waals surface area contributed by atoms with E-state index < -0.39 is 28.3 Å². The molecule has 0 spiro atoms. The van der Waals surface area contributed by atoms with E-state index >= 15 is 0 Å². The normalized spacial score (nSPS) is 11.4. The number of carbonyl (C=O) groups is 1. The van der Waals surface area contributed by atoms with Crippen molar-refractivity contribution in [3.05, 3.63) is 89.2 Å². The Labute approximate surface area is 187 Å². The van der Waals surface area contributed by atoms with Gasteiger partial charge in [0.2, 0.25) is 15.9 Å². The third-order valence-corrected chi connectivity index (χ3v) is 6.75. The van der Waals surface area contributed by atoms with Crippen molar-refractivity contribution >= 4 is 21.6 Å². The van der Waals surface area contributed by atoms with Crippen LogP contribution in [0.5, 0.6) is 5.75 Å². The minimum Gasteiger partial charge on any atom is -0.495 e. The van der Waals surface area contributed by atoms with Crippen molar-refractivity contribution in [2.45, 2.75) is 25.3 Å². The average molecular weight is 457 g/mol. The molecule has 6 nitrogen and oxygen atoms in total. The van der Waals surface area contributed by atoms with Gasteiger partial charge in [-0.2, -0.15) is 4.31 Å². The fourth-order valence-electron chi connectivity index (χ4n) is 3.22. The second-order valence-corrected chi connectivity index (χ2v) is 9.33. The van der Waals surface area contributed by atoms with Crippen LogP contribution in [-0.4, -0.2) is 32.3 Å². The van der Waals surface area contributed by atoms with Crippen LogP contribution in [0.15, 0.2) is 71.6 Å². The van der Waals surface area contributed by atoms with Gasteiger partial charge in [0.05, 0.1) is 13.7 Å². The molecule has 0 fully saturated rings. The van der Waals surface area contributed by atoms with Gasteiger partial charge in [-0.25, -0.2) is 12.8 Å². The summed E-state index contributed by atoms with van der Waals surface area (Å²) in [4.78, 5) is 12.8. The van der Waals surface area contributed by atoms with Crippen molar-refractivity contribution in [1.29, 1.82) is 0 Å². The van der Waals surface area contributed by atoms with Gasteiger partial charge in [-0.05, 0) is 54.8 Å². The van der Waals surface area contributed by atoms with Crippen molar-refractivity contribution in [2.75, 3.05) is 19.0 Å². The molecule has 3 aromatic carbocycles. The molecule has 0 aromatic heterocycles. The first kappa shape index (κ1) is 23.4. The SMILES string of the molecule is COc1ccc(C)cc1S(=O)(=O)N(CC(=O)Nc1cc(F)ccc1C)Cc1ccccc1. The lowest BCUT2D eigenvalue weighted by molar-refractivity contribution is -0.116. The maximum Gasteiger partial charge on any atom is 0.247 e. The maximum absolute atomic E-state index is 13.6. The van der Waals surface area contributed by atoms with Crippen LogP contribution < -0.4 is 10.1 Å². The van der Waals surface area contributed by atoms with Crippen molar-refractivity contribution in [3.63, 3.8) is 0 Å². The van der Waals surface area contributed by atoms with Gasteiger partial charge in [0.1, 0.15) is 16.5 Å². The van der Waals surface area contributed by atoms with Crippen LogP contribution in [0, 0.1) is 19.7 Å². The molecule has 3 aromatic rings. The van der Waals surface area contributed by atoms with Crippen molar-refractivity contribution in [3.8, 4) is 5.75 Å². The van der Waals surface area contributed by atoms with Crippen LogP contribution in [0.2, 0.25) is 0 Å². The number of nitrogens with zero attached hydrogens (tertiary/aromatic N) is 1. The smallest absolute Gasteiger partial charge is 0.247 e. The van der Waals surface area contributed by atoms with Crippen LogP contribution in [0.1, 0.15) is 16.7 Å². The molecular weight excluding hydrogens is 431 g/mol. The first-order chi connectivity index (χ1) is 15.2. The molecular formula is C24H25FN2O4S. The Morgan fingerprint density at radius 1 is 1.03 bits per heavy atom. The fourth-order valence-corrected chi connectivity index (χ4v) is 4.84. The van der Waals surface area contributed by atoms with E-state index in [1.54, 1.807) is 56.3 Å². The number of carbonyl (C=O) groups excluding carboxylic acids is 1. The molecule has 0 atom stereocenters. The van der Waals surface area contributed by atoms with Gasteiger partial charge < -0.3 is 10.1 Å². The number of halogens is 1. The topological polar surface area (TPSA) is 75.7 Å². The summed E-state index contributed by atoms with van der Waals surface area (Å²) in [6.07, 6.45) is 0. The Hall–Kier alpha value is -3.23. The number of rotatable bonds is 8. The summed E-state index contributed by atoms with van der Waals surface area (Å²) in [6.45, 7) is 3.03. The molecule has 0 saturated carbocycles. The highest BCUT2D eigenvalue weighted by Gasteiger charge is 2.30. The summed E-state index contributed by atoms with van der Waals surface area (Å²) in [5.74, 6) is -0.885. The zero-order valence-electron chi connectivity index (χ0n) is 18.1. The fraction of sp³-hybridized carbons (Fsp3) is 0.208. The number of sulfonamides is 1. The predicted molar refractivity (Wildman–Crippen MR) is 122 cm³/mol. The summed E-state index contributed by atoms with van der Waals surface area (Å²) in [7, 11) is -2.70. The highest BCUT2D eigenvalue weighted by atomic mass is 32.2. The minimum absolute atomic E-state index is 0.0180. The number of methoxy groups -OCH3 is 1. The molecule has 0 aliphatic carbocycles. The maximum atomic E-state index is 13.6. The van der Waals surface area contributed by atoms with Gasteiger partial charge in [0.15, 0.2) is 0 Å². The molecule has 0 heterocycles. The molecule has 32 heavy (non-hydrogen) atoms. The monoisotopic (exact) mass is 456 g/mol. The number of aryl methyl sites for hydroxylation is 2. The minimum atomic E-state index is -4.10. The molecule has 0 saturated heterocycles. The standard InChI is InChI=1S/C24H25FN2O4S/c1-17-9-12-22(31-3)23(13-17)32(29,30)27(15-19-7-5-4-6-8-19)16-24(28)26-21-14-20(25)11-10-18(21)2/h4-14H,15-16H2,1-3H3,(H,26,28). The van der Waals surface area contributed by atoms with Gasteiger partial charge in [0, 0.05) is 12.2 Å². The zero-order valence-corrected chi connectivity index (χ0v) is 18.9. The Morgan fingerprint density at radius 3 is 2.44 bits per heavy atom. The molecule has 0 radical (unpaired) electrons. The Bertz CT molecular complexity index is 1210. The summed E-state index contributed by atoms with van der Waals surface area (Å²) < 4.78 is 47.1. The van der Waals surface area contributed by atoms with Crippen molar-refractivity contribution in [1.82, 2.24) is 4.31 Å². The third-order valence-electron chi connectivity index (χ3n) is 4.93. The van der Waals surface area contributed by atoms with E-state index in [1.807, 2.05) is 6.07 Å². The summed E-state index contributed by atoms with van der Waals surface area (Å²) >= 11 is 0. The molecule has 0 bridgehead atoms. The van der Waals surface area contributed by atoms with Gasteiger partial charge in [-0.1, -0.05) is 42.5 Å². The molecule has 8 heteroatoms. The highest BCUT2D eigenvalue weighted by Crippen LogP contribution is 2.29. The van der Waals surface area contributed by atoms with E-state index in [-0.39, 0.29) is 17.2 Å². The average Bonchev–Trinajstić information content (AvgIpc) is 2.76. The predicted octanol–water partition coefficient (Wildman–Crippen LogP) is 4.28. The molecule has 1 amide bonds. The van der Waals surface area contributed by atoms with E-state index in [9.17, 15) is 17.6 Å². The summed E-state index contributed by atoms with van der Waals surface area (Å²) in [6, 6.07) is 17.9. The van der Waals surface area contributed by atoms with E-state index in [1.165, 1.54) is 25.3 Å². The first-order valence-corrected chi connectivity index (χ1v) is 11.4. The molecule has 1 N–H and O–H groups in total. The lowest BCUT2D eigenvalue weighted by Crippen LogP contribution is -2.37. The second kappa shape index (κ2) is 9.93. The number of ether oxygens (including phenoxy) is 1. The number of benzene rings is 3. The molecule has 0 aliphatic heterocycles. The zero-order chi connectivity index (χ0) is 23.3. The molecule has 3 rings (SSSR count). The van der Waals surface area contributed by atoms with E-state index in [0.717, 1.165) is 15.4 Å². The third kappa shape index (κ3) is 5.52. The highest BCUT2D eigenvalue weighted by molar-refractivity contribution is 7.89. The Balaban J connectivity index is 1.96.